The molecule has 104 valence electrons. The van der Waals surface area contributed by atoms with E-state index in [1.807, 2.05) is 0 Å². The molecule has 1 fully saturated rings. The first-order chi connectivity index (χ1) is 9.06. The van der Waals surface area contributed by atoms with E-state index in [1.54, 1.807) is 19.1 Å². The fraction of sp³-hybridized carbons (Fsp3) is 0.533. The van der Waals surface area contributed by atoms with Crippen molar-refractivity contribution < 1.29 is 9.18 Å². The number of alkyl halides is 1. The Bertz CT molecular complexity index is 455. The molecule has 0 unspecified atom stereocenters. The number of hydrogen-bond acceptors (Lipinski definition) is 1. The summed E-state index contributed by atoms with van der Waals surface area (Å²) in [6, 6.07) is 4.61. The molecular weight excluding hydrogens is 309 g/mol. The molecule has 0 saturated heterocycles. The molecular formula is C15H19BrFNO. The van der Waals surface area contributed by atoms with E-state index in [1.165, 1.54) is 18.9 Å². The van der Waals surface area contributed by atoms with Crippen LogP contribution in [0, 0.1) is 18.7 Å². The molecule has 2 nitrogen and oxygen atoms in total. The maximum Gasteiger partial charge on any atom is 0.251 e. The van der Waals surface area contributed by atoms with Gasteiger partial charge in [0, 0.05) is 16.9 Å². The molecule has 1 saturated carbocycles. The number of halogens is 2. The van der Waals surface area contributed by atoms with Gasteiger partial charge < -0.3 is 5.32 Å². The monoisotopic (exact) mass is 327 g/mol. The molecule has 1 amide bonds. The molecule has 0 spiro atoms. The van der Waals surface area contributed by atoms with Crippen LogP contribution < -0.4 is 5.32 Å². The Morgan fingerprint density at radius 1 is 1.37 bits per heavy atom. The highest BCUT2D eigenvalue weighted by Gasteiger charge is 2.19. The average Bonchev–Trinajstić information content (AvgIpc) is 2.41. The highest BCUT2D eigenvalue weighted by Crippen LogP contribution is 2.28. The van der Waals surface area contributed by atoms with Crippen LogP contribution in [0.2, 0.25) is 0 Å². The summed E-state index contributed by atoms with van der Waals surface area (Å²) in [6.45, 7) is 2.38. The maximum atomic E-state index is 13.4. The molecule has 1 aliphatic rings. The van der Waals surface area contributed by atoms with Crippen molar-refractivity contribution in [2.45, 2.75) is 37.4 Å². The molecule has 1 aromatic rings. The summed E-state index contributed by atoms with van der Waals surface area (Å²) in [4.78, 5) is 12.6. The zero-order chi connectivity index (χ0) is 13.8. The molecule has 1 aromatic carbocycles. The van der Waals surface area contributed by atoms with Crippen molar-refractivity contribution in [1.29, 1.82) is 0 Å². The molecule has 1 aliphatic carbocycles. The van der Waals surface area contributed by atoms with E-state index in [9.17, 15) is 9.18 Å². The van der Waals surface area contributed by atoms with Crippen molar-refractivity contribution >= 4 is 21.8 Å². The lowest BCUT2D eigenvalue weighted by atomic mass is 9.89. The first kappa shape index (κ1) is 14.5. The van der Waals surface area contributed by atoms with Crippen LogP contribution in [0.25, 0.3) is 0 Å². The average molecular weight is 328 g/mol. The Morgan fingerprint density at radius 3 is 2.68 bits per heavy atom. The Balaban J connectivity index is 1.85. The van der Waals surface area contributed by atoms with Gasteiger partial charge in [-0.2, -0.15) is 0 Å². The molecule has 0 aromatic heterocycles. The topological polar surface area (TPSA) is 29.1 Å². The summed E-state index contributed by atoms with van der Waals surface area (Å²) in [5.41, 5.74) is 0.962. The van der Waals surface area contributed by atoms with Crippen molar-refractivity contribution in [3.8, 4) is 0 Å². The number of aryl methyl sites for hydroxylation is 1. The zero-order valence-corrected chi connectivity index (χ0v) is 12.7. The van der Waals surface area contributed by atoms with E-state index in [0.717, 1.165) is 12.8 Å². The molecule has 0 radical (unpaired) electrons. The van der Waals surface area contributed by atoms with E-state index < -0.39 is 0 Å². The highest BCUT2D eigenvalue weighted by atomic mass is 79.9. The summed E-state index contributed by atoms with van der Waals surface area (Å²) in [7, 11) is 0. The summed E-state index contributed by atoms with van der Waals surface area (Å²) >= 11 is 3.62. The maximum absolute atomic E-state index is 13.4. The number of carbonyl (C=O) groups excluding carboxylic acids is 1. The smallest absolute Gasteiger partial charge is 0.251 e. The normalized spacial score (nSPS) is 23.1. The molecule has 1 N–H and O–H groups in total. The highest BCUT2D eigenvalue weighted by molar-refractivity contribution is 9.09. The van der Waals surface area contributed by atoms with Gasteiger partial charge in [-0.05, 0) is 56.2 Å². The van der Waals surface area contributed by atoms with E-state index in [0.29, 0.717) is 28.4 Å². The van der Waals surface area contributed by atoms with Crippen molar-refractivity contribution in [3.05, 3.63) is 35.1 Å². The molecule has 4 heteroatoms. The lowest BCUT2D eigenvalue weighted by Crippen LogP contribution is -2.31. The van der Waals surface area contributed by atoms with E-state index in [2.05, 4.69) is 21.2 Å². The van der Waals surface area contributed by atoms with Gasteiger partial charge in [0.2, 0.25) is 0 Å². The lowest BCUT2D eigenvalue weighted by molar-refractivity contribution is 0.0943. The second-order valence-electron chi connectivity index (χ2n) is 5.29. The van der Waals surface area contributed by atoms with Crippen molar-refractivity contribution in [1.82, 2.24) is 5.32 Å². The van der Waals surface area contributed by atoms with Gasteiger partial charge in [0.05, 0.1) is 0 Å². The first-order valence-electron chi connectivity index (χ1n) is 6.74. The number of amides is 1. The van der Waals surface area contributed by atoms with Crippen LogP contribution in [-0.4, -0.2) is 17.3 Å². The van der Waals surface area contributed by atoms with E-state index in [-0.39, 0.29) is 11.7 Å². The minimum atomic E-state index is -0.326. The van der Waals surface area contributed by atoms with Gasteiger partial charge in [-0.15, -0.1) is 0 Å². The second-order valence-corrected chi connectivity index (χ2v) is 6.59. The minimum Gasteiger partial charge on any atom is -0.352 e. The molecule has 0 aliphatic heterocycles. The Hall–Kier alpha value is -0.900. The summed E-state index contributed by atoms with van der Waals surface area (Å²) in [5.74, 6) is 0.0420. The molecule has 0 atom stereocenters. The van der Waals surface area contributed by atoms with Crippen LogP contribution in [0.5, 0.6) is 0 Å². The quantitative estimate of drug-likeness (QED) is 0.840. The van der Waals surface area contributed by atoms with Gasteiger partial charge in [-0.1, -0.05) is 22.0 Å². The third-order valence-electron chi connectivity index (χ3n) is 3.76. The Labute approximate surface area is 121 Å². The van der Waals surface area contributed by atoms with Crippen LogP contribution in [-0.2, 0) is 0 Å². The van der Waals surface area contributed by atoms with Crippen LogP contribution in [0.15, 0.2) is 18.2 Å². The van der Waals surface area contributed by atoms with Gasteiger partial charge >= 0.3 is 0 Å². The number of hydrogen-bond donors (Lipinski definition) is 1. The van der Waals surface area contributed by atoms with Crippen LogP contribution in [0.3, 0.4) is 0 Å². The van der Waals surface area contributed by atoms with Gasteiger partial charge in [0.15, 0.2) is 0 Å². The van der Waals surface area contributed by atoms with Crippen LogP contribution >= 0.6 is 15.9 Å². The number of rotatable bonds is 3. The Morgan fingerprint density at radius 2 is 2.05 bits per heavy atom. The van der Waals surface area contributed by atoms with E-state index >= 15 is 0 Å². The van der Waals surface area contributed by atoms with Gasteiger partial charge in [0.25, 0.3) is 5.91 Å². The molecule has 0 bridgehead atoms. The minimum absolute atomic E-state index is 0.181. The van der Waals surface area contributed by atoms with Crippen molar-refractivity contribution in [2.24, 2.45) is 5.92 Å². The van der Waals surface area contributed by atoms with Crippen molar-refractivity contribution in [3.63, 3.8) is 0 Å². The molecule has 19 heavy (non-hydrogen) atoms. The van der Waals surface area contributed by atoms with Crippen LogP contribution in [0.4, 0.5) is 4.39 Å². The summed E-state index contributed by atoms with van der Waals surface area (Å²) in [6.07, 6.45) is 4.61. The lowest BCUT2D eigenvalue weighted by Gasteiger charge is -2.25. The second kappa shape index (κ2) is 6.51. The van der Waals surface area contributed by atoms with Crippen LogP contribution in [0.1, 0.15) is 41.6 Å². The Kier molecular flexibility index (Phi) is 4.97. The number of carbonyl (C=O) groups is 1. The third kappa shape index (κ3) is 4.03. The fourth-order valence-corrected chi connectivity index (χ4v) is 2.93. The SMILES string of the molecule is Cc1ccc(C(=O)NCC2CCC(Br)CC2)cc1F. The van der Waals surface area contributed by atoms with Gasteiger partial charge in [-0.3, -0.25) is 4.79 Å². The zero-order valence-electron chi connectivity index (χ0n) is 11.1. The van der Waals surface area contributed by atoms with Gasteiger partial charge in [0.1, 0.15) is 5.82 Å². The van der Waals surface area contributed by atoms with Gasteiger partial charge in [-0.25, -0.2) is 4.39 Å². The predicted molar refractivity (Wildman–Crippen MR) is 78.1 cm³/mol. The number of nitrogens with one attached hydrogen (secondary N) is 1. The van der Waals surface area contributed by atoms with E-state index in [4.69, 9.17) is 0 Å². The summed E-state index contributed by atoms with van der Waals surface area (Å²) < 4.78 is 13.4. The molecule has 2 rings (SSSR count). The fourth-order valence-electron chi connectivity index (χ4n) is 2.40. The summed E-state index contributed by atoms with van der Waals surface area (Å²) in [5, 5.41) is 2.91. The molecule has 0 heterocycles. The first-order valence-corrected chi connectivity index (χ1v) is 7.66. The van der Waals surface area contributed by atoms with Crippen molar-refractivity contribution in [2.75, 3.05) is 6.54 Å². The number of benzene rings is 1. The standard InChI is InChI=1S/C15H19BrFNO/c1-10-2-5-12(8-14(10)17)15(19)18-9-11-3-6-13(16)7-4-11/h2,5,8,11,13H,3-4,6-7,9H2,1H3,(H,18,19). The third-order valence-corrected chi connectivity index (χ3v) is 4.68. The largest absolute Gasteiger partial charge is 0.352 e. The predicted octanol–water partition coefficient (Wildman–Crippen LogP) is 3.82.